The summed E-state index contributed by atoms with van der Waals surface area (Å²) in [4.78, 5) is 15.7. The smallest absolute Gasteiger partial charge is 0.325 e. The summed E-state index contributed by atoms with van der Waals surface area (Å²) in [6.07, 6.45) is 1.03. The zero-order valence-electron chi connectivity index (χ0n) is 12.9. The van der Waals surface area contributed by atoms with Crippen molar-refractivity contribution in [3.8, 4) is 0 Å². The Morgan fingerprint density at radius 3 is 2.64 bits per heavy atom. The normalized spacial score (nSPS) is 27.4. The lowest BCUT2D eigenvalue weighted by atomic mass is 9.54. The van der Waals surface area contributed by atoms with Crippen LogP contribution in [-0.4, -0.2) is 42.7 Å². The molecule has 1 aromatic heterocycles. The fourth-order valence-corrected chi connectivity index (χ4v) is 5.35. The van der Waals surface area contributed by atoms with Crippen LogP contribution < -0.4 is 4.72 Å². The fraction of sp³-hybridized carbons (Fsp3) is 0.692. The first-order valence-electron chi connectivity index (χ1n) is 6.88. The van der Waals surface area contributed by atoms with Crippen molar-refractivity contribution in [3.63, 3.8) is 0 Å². The molecule has 1 aliphatic rings. The number of aryl methyl sites for hydroxylation is 1. The number of carbonyl (C=O) groups is 1. The molecule has 0 bridgehead atoms. The van der Waals surface area contributed by atoms with Gasteiger partial charge in [0.15, 0.2) is 4.21 Å². The summed E-state index contributed by atoms with van der Waals surface area (Å²) in [5, 5.41) is 10.2. The highest BCUT2D eigenvalue weighted by Gasteiger charge is 2.67. The number of ether oxygens (including phenoxy) is 1. The average Bonchev–Trinajstić information content (AvgIpc) is 2.84. The highest BCUT2D eigenvalue weighted by atomic mass is 32.2. The Balaban J connectivity index is 2.34. The Morgan fingerprint density at radius 2 is 2.23 bits per heavy atom. The molecule has 2 unspecified atom stereocenters. The number of carboxylic acid groups (broad SMARTS) is 1. The minimum atomic E-state index is -3.94. The van der Waals surface area contributed by atoms with Gasteiger partial charge in [0.2, 0.25) is 0 Å². The van der Waals surface area contributed by atoms with Crippen molar-refractivity contribution in [1.82, 2.24) is 9.71 Å². The molecule has 124 valence electrons. The summed E-state index contributed by atoms with van der Waals surface area (Å²) in [7, 11) is -3.94. The van der Waals surface area contributed by atoms with E-state index in [0.717, 1.165) is 11.3 Å². The number of sulfonamides is 1. The van der Waals surface area contributed by atoms with E-state index in [2.05, 4.69) is 9.71 Å². The quantitative estimate of drug-likeness (QED) is 0.805. The van der Waals surface area contributed by atoms with Gasteiger partial charge in [-0.3, -0.25) is 4.79 Å². The number of thiazole rings is 1. The number of nitrogens with zero attached hydrogens (tertiary/aromatic N) is 1. The van der Waals surface area contributed by atoms with Gasteiger partial charge in [0.1, 0.15) is 5.54 Å². The molecular weight excluding hydrogens is 328 g/mol. The number of nitrogens with one attached hydrogen (secondary N) is 1. The molecule has 0 radical (unpaired) electrons. The van der Waals surface area contributed by atoms with Crippen molar-refractivity contribution in [2.24, 2.45) is 5.41 Å². The molecule has 2 N–H and O–H groups in total. The van der Waals surface area contributed by atoms with Crippen LogP contribution in [0.3, 0.4) is 0 Å². The Labute approximate surface area is 133 Å². The van der Waals surface area contributed by atoms with E-state index < -0.39 is 26.9 Å². The minimum absolute atomic E-state index is 0.0151. The van der Waals surface area contributed by atoms with Crippen LogP contribution in [-0.2, 0) is 19.6 Å². The molecule has 0 spiro atoms. The molecule has 2 rings (SSSR count). The summed E-state index contributed by atoms with van der Waals surface area (Å²) in [5.74, 6) is -1.20. The fourth-order valence-electron chi connectivity index (χ4n) is 2.73. The number of hydrogen-bond donors (Lipinski definition) is 2. The van der Waals surface area contributed by atoms with E-state index in [-0.39, 0.29) is 16.7 Å². The Hall–Kier alpha value is -1.03. The predicted octanol–water partition coefficient (Wildman–Crippen LogP) is 1.39. The van der Waals surface area contributed by atoms with Crippen LogP contribution in [0.5, 0.6) is 0 Å². The second-order valence-electron chi connectivity index (χ2n) is 5.88. The molecule has 22 heavy (non-hydrogen) atoms. The van der Waals surface area contributed by atoms with Gasteiger partial charge in [-0.05, 0) is 13.8 Å². The lowest BCUT2D eigenvalue weighted by molar-refractivity contribution is -0.188. The number of rotatable bonds is 6. The van der Waals surface area contributed by atoms with Gasteiger partial charge < -0.3 is 9.84 Å². The van der Waals surface area contributed by atoms with Crippen LogP contribution in [0.2, 0.25) is 0 Å². The van der Waals surface area contributed by atoms with Crippen molar-refractivity contribution in [2.45, 2.75) is 50.0 Å². The zero-order valence-corrected chi connectivity index (χ0v) is 14.5. The van der Waals surface area contributed by atoms with Gasteiger partial charge in [-0.15, -0.1) is 11.3 Å². The SMILES string of the molecule is CCOC1CC(NS(=O)(=O)c2cnc(C)s2)(C(=O)O)C1(C)C. The maximum Gasteiger partial charge on any atom is 0.325 e. The number of aromatic nitrogens is 1. The van der Waals surface area contributed by atoms with Crippen LogP contribution in [0.1, 0.15) is 32.2 Å². The highest BCUT2D eigenvalue weighted by molar-refractivity contribution is 7.91. The van der Waals surface area contributed by atoms with Gasteiger partial charge in [0.25, 0.3) is 10.0 Å². The van der Waals surface area contributed by atoms with Gasteiger partial charge in [0, 0.05) is 18.4 Å². The van der Waals surface area contributed by atoms with Gasteiger partial charge in [-0.1, -0.05) is 13.8 Å². The largest absolute Gasteiger partial charge is 0.480 e. The van der Waals surface area contributed by atoms with Gasteiger partial charge in [-0.25, -0.2) is 13.4 Å². The van der Waals surface area contributed by atoms with Crippen LogP contribution in [0.15, 0.2) is 10.4 Å². The molecule has 9 heteroatoms. The summed E-state index contributed by atoms with van der Waals surface area (Å²) >= 11 is 1.01. The second-order valence-corrected chi connectivity index (χ2v) is 9.03. The third-order valence-electron chi connectivity index (χ3n) is 4.30. The first-order valence-corrected chi connectivity index (χ1v) is 9.18. The Kier molecular flexibility index (Phi) is 4.37. The molecule has 1 saturated carbocycles. The van der Waals surface area contributed by atoms with E-state index in [4.69, 9.17) is 4.74 Å². The van der Waals surface area contributed by atoms with E-state index >= 15 is 0 Å². The number of carboxylic acids is 1. The van der Waals surface area contributed by atoms with Gasteiger partial charge in [0.05, 0.1) is 17.3 Å². The van der Waals surface area contributed by atoms with Crippen molar-refractivity contribution < 1.29 is 23.1 Å². The molecule has 7 nitrogen and oxygen atoms in total. The van der Waals surface area contributed by atoms with E-state index in [1.165, 1.54) is 6.20 Å². The van der Waals surface area contributed by atoms with E-state index in [1.807, 2.05) is 6.92 Å². The average molecular weight is 348 g/mol. The lowest BCUT2D eigenvalue weighted by Crippen LogP contribution is -2.75. The molecule has 1 aliphatic carbocycles. The third-order valence-corrected chi connectivity index (χ3v) is 7.17. The molecule has 0 amide bonds. The van der Waals surface area contributed by atoms with E-state index in [9.17, 15) is 18.3 Å². The molecule has 2 atom stereocenters. The first kappa shape index (κ1) is 17.3. The molecule has 1 heterocycles. The predicted molar refractivity (Wildman–Crippen MR) is 81.4 cm³/mol. The molecule has 0 aliphatic heterocycles. The van der Waals surface area contributed by atoms with Crippen molar-refractivity contribution in [1.29, 1.82) is 0 Å². The molecule has 1 aromatic rings. The van der Waals surface area contributed by atoms with E-state index in [0.29, 0.717) is 11.6 Å². The third kappa shape index (κ3) is 2.55. The molecular formula is C13H20N2O5S2. The molecule has 0 aromatic carbocycles. The van der Waals surface area contributed by atoms with E-state index in [1.54, 1.807) is 20.8 Å². The van der Waals surface area contributed by atoms with Crippen LogP contribution >= 0.6 is 11.3 Å². The monoisotopic (exact) mass is 348 g/mol. The number of aliphatic carboxylic acids is 1. The van der Waals surface area contributed by atoms with Crippen molar-refractivity contribution >= 4 is 27.3 Å². The molecule has 0 saturated heterocycles. The summed E-state index contributed by atoms with van der Waals surface area (Å²) in [6, 6.07) is 0. The number of hydrogen-bond acceptors (Lipinski definition) is 6. The van der Waals surface area contributed by atoms with Gasteiger partial charge in [-0.2, -0.15) is 4.72 Å². The second kappa shape index (κ2) is 5.55. The maximum atomic E-state index is 12.5. The van der Waals surface area contributed by atoms with Gasteiger partial charge >= 0.3 is 5.97 Å². The molecule has 1 fully saturated rings. The summed E-state index contributed by atoms with van der Waals surface area (Å²) < 4.78 is 32.8. The van der Waals surface area contributed by atoms with Crippen LogP contribution in [0.25, 0.3) is 0 Å². The van der Waals surface area contributed by atoms with Crippen molar-refractivity contribution in [2.75, 3.05) is 6.61 Å². The van der Waals surface area contributed by atoms with Crippen LogP contribution in [0, 0.1) is 12.3 Å². The summed E-state index contributed by atoms with van der Waals surface area (Å²) in [5.41, 5.74) is -2.44. The van der Waals surface area contributed by atoms with Crippen molar-refractivity contribution in [3.05, 3.63) is 11.2 Å². The Morgan fingerprint density at radius 1 is 1.59 bits per heavy atom. The first-order chi connectivity index (χ1) is 10.1. The lowest BCUT2D eigenvalue weighted by Gasteiger charge is -2.57. The zero-order chi connectivity index (χ0) is 16.8. The van der Waals surface area contributed by atoms with Crippen LogP contribution in [0.4, 0.5) is 0 Å². The Bertz CT molecular complexity index is 682. The minimum Gasteiger partial charge on any atom is -0.480 e. The highest BCUT2D eigenvalue weighted by Crippen LogP contribution is 2.52. The topological polar surface area (TPSA) is 106 Å². The summed E-state index contributed by atoms with van der Waals surface area (Å²) in [6.45, 7) is 7.36. The maximum absolute atomic E-state index is 12.5. The standard InChI is InChI=1S/C13H20N2O5S2/c1-5-20-9-6-13(11(16)17,12(9,3)4)15-22(18,19)10-7-14-8(2)21-10/h7,9,15H,5-6H2,1-4H3,(H,16,17).